The minimum atomic E-state index is -0.808. The maximum absolute atomic E-state index is 12.2. The number of hydrogen-bond donors (Lipinski definition) is 1. The Morgan fingerprint density at radius 1 is 1.26 bits per heavy atom. The molecule has 6 heteroatoms. The predicted octanol–water partition coefficient (Wildman–Crippen LogP) is 0.603. The van der Waals surface area contributed by atoms with Gasteiger partial charge in [0.2, 0.25) is 0 Å². The first-order valence-electron chi connectivity index (χ1n) is 7.06. The fourth-order valence-corrected chi connectivity index (χ4v) is 3.05. The SMILES string of the molecule is O=C(C(O)C1CCCCC1)N1CC(n2cncn2)C1. The summed E-state index contributed by atoms with van der Waals surface area (Å²) in [7, 11) is 0. The van der Waals surface area contributed by atoms with Crippen LogP contribution in [-0.4, -0.2) is 49.9 Å². The van der Waals surface area contributed by atoms with Gasteiger partial charge in [-0.2, -0.15) is 5.10 Å². The van der Waals surface area contributed by atoms with Crippen molar-refractivity contribution < 1.29 is 9.90 Å². The number of carbonyl (C=O) groups excluding carboxylic acids is 1. The van der Waals surface area contributed by atoms with Crippen molar-refractivity contribution >= 4 is 5.91 Å². The second kappa shape index (κ2) is 5.28. The highest BCUT2D eigenvalue weighted by Gasteiger charge is 2.38. The van der Waals surface area contributed by atoms with Gasteiger partial charge in [0.25, 0.3) is 5.91 Å². The summed E-state index contributed by atoms with van der Waals surface area (Å²) in [5.41, 5.74) is 0. The zero-order valence-corrected chi connectivity index (χ0v) is 11.0. The zero-order valence-electron chi connectivity index (χ0n) is 11.0. The van der Waals surface area contributed by atoms with Crippen LogP contribution >= 0.6 is 0 Å². The largest absolute Gasteiger partial charge is 0.383 e. The summed E-state index contributed by atoms with van der Waals surface area (Å²) in [5.74, 6) is 0.0509. The van der Waals surface area contributed by atoms with Crippen molar-refractivity contribution in [2.24, 2.45) is 5.92 Å². The van der Waals surface area contributed by atoms with Gasteiger partial charge in [-0.15, -0.1) is 0 Å². The van der Waals surface area contributed by atoms with E-state index < -0.39 is 6.10 Å². The van der Waals surface area contributed by atoms with Crippen LogP contribution in [0.15, 0.2) is 12.7 Å². The molecule has 1 saturated heterocycles. The van der Waals surface area contributed by atoms with Crippen LogP contribution in [-0.2, 0) is 4.79 Å². The summed E-state index contributed by atoms with van der Waals surface area (Å²) in [4.78, 5) is 17.8. The molecular weight excluding hydrogens is 244 g/mol. The van der Waals surface area contributed by atoms with E-state index in [0.717, 1.165) is 25.7 Å². The Bertz CT molecular complexity index is 422. The molecule has 1 N–H and O–H groups in total. The maximum Gasteiger partial charge on any atom is 0.251 e. The molecule has 3 rings (SSSR count). The van der Waals surface area contributed by atoms with Gasteiger partial charge in [0, 0.05) is 13.1 Å². The summed E-state index contributed by atoms with van der Waals surface area (Å²) < 4.78 is 1.77. The van der Waals surface area contributed by atoms with Gasteiger partial charge in [-0.05, 0) is 18.8 Å². The van der Waals surface area contributed by atoms with Crippen molar-refractivity contribution in [1.82, 2.24) is 19.7 Å². The molecule has 2 fully saturated rings. The van der Waals surface area contributed by atoms with Gasteiger partial charge in [0.1, 0.15) is 18.8 Å². The zero-order chi connectivity index (χ0) is 13.2. The summed E-state index contributed by atoms with van der Waals surface area (Å²) in [5, 5.41) is 14.2. The standard InChI is InChI=1S/C13H20N4O2/c18-12(10-4-2-1-3-5-10)13(19)16-6-11(7-16)17-9-14-8-15-17/h8-12,18H,1-7H2. The molecule has 1 unspecified atom stereocenters. The molecule has 0 spiro atoms. The van der Waals surface area contributed by atoms with Crippen molar-refractivity contribution in [3.05, 3.63) is 12.7 Å². The van der Waals surface area contributed by atoms with Crippen molar-refractivity contribution in [3.63, 3.8) is 0 Å². The summed E-state index contributed by atoms with van der Waals surface area (Å²) in [6, 6.07) is 0.213. The molecule has 2 heterocycles. The van der Waals surface area contributed by atoms with Crippen molar-refractivity contribution in [3.8, 4) is 0 Å². The van der Waals surface area contributed by atoms with Gasteiger partial charge >= 0.3 is 0 Å². The topological polar surface area (TPSA) is 71.2 Å². The number of hydrogen-bond acceptors (Lipinski definition) is 4. The predicted molar refractivity (Wildman–Crippen MR) is 68.2 cm³/mol. The van der Waals surface area contributed by atoms with E-state index in [9.17, 15) is 9.90 Å². The molecule has 1 aromatic heterocycles. The summed E-state index contributed by atoms with van der Waals surface area (Å²) in [6.07, 6.45) is 7.83. The molecule has 0 aromatic carbocycles. The molecule has 1 aromatic rings. The van der Waals surface area contributed by atoms with Gasteiger partial charge in [-0.3, -0.25) is 4.79 Å². The van der Waals surface area contributed by atoms with Crippen LogP contribution in [0.4, 0.5) is 0 Å². The molecule has 2 aliphatic rings. The van der Waals surface area contributed by atoms with E-state index in [1.165, 1.54) is 12.7 Å². The highest BCUT2D eigenvalue weighted by molar-refractivity contribution is 5.81. The van der Waals surface area contributed by atoms with Crippen molar-refractivity contribution in [1.29, 1.82) is 0 Å². The van der Waals surface area contributed by atoms with Gasteiger partial charge in [-0.25, -0.2) is 9.67 Å². The number of aliphatic hydroxyl groups excluding tert-OH is 1. The molecule has 6 nitrogen and oxygen atoms in total. The van der Waals surface area contributed by atoms with Gasteiger partial charge < -0.3 is 10.0 Å². The maximum atomic E-state index is 12.2. The minimum absolute atomic E-state index is 0.108. The number of nitrogens with zero attached hydrogens (tertiary/aromatic N) is 4. The molecule has 1 saturated carbocycles. The van der Waals surface area contributed by atoms with Crippen LogP contribution in [0.3, 0.4) is 0 Å². The third-order valence-corrected chi connectivity index (χ3v) is 4.33. The third-order valence-electron chi connectivity index (χ3n) is 4.33. The van der Waals surface area contributed by atoms with E-state index >= 15 is 0 Å². The first-order chi connectivity index (χ1) is 9.25. The second-order valence-electron chi connectivity index (χ2n) is 5.62. The molecule has 0 bridgehead atoms. The van der Waals surface area contributed by atoms with Crippen LogP contribution in [0.1, 0.15) is 38.1 Å². The molecule has 19 heavy (non-hydrogen) atoms. The van der Waals surface area contributed by atoms with E-state index in [1.54, 1.807) is 15.9 Å². The number of rotatable bonds is 3. The fourth-order valence-electron chi connectivity index (χ4n) is 3.05. The fraction of sp³-hybridized carbons (Fsp3) is 0.769. The van der Waals surface area contributed by atoms with E-state index in [0.29, 0.717) is 13.1 Å². The van der Waals surface area contributed by atoms with E-state index in [2.05, 4.69) is 10.1 Å². The van der Waals surface area contributed by atoms with E-state index in [1.807, 2.05) is 0 Å². The Balaban J connectivity index is 1.51. The van der Waals surface area contributed by atoms with Gasteiger partial charge in [0.05, 0.1) is 6.04 Å². The van der Waals surface area contributed by atoms with Gasteiger partial charge in [-0.1, -0.05) is 19.3 Å². The normalized spacial score (nSPS) is 23.1. The van der Waals surface area contributed by atoms with Crippen LogP contribution in [0.25, 0.3) is 0 Å². The number of likely N-dealkylation sites (tertiary alicyclic amines) is 1. The molecule has 1 aliphatic heterocycles. The molecule has 1 amide bonds. The second-order valence-corrected chi connectivity index (χ2v) is 5.62. The Hall–Kier alpha value is -1.43. The average molecular weight is 264 g/mol. The quantitative estimate of drug-likeness (QED) is 0.868. The average Bonchev–Trinajstić information content (AvgIpc) is 2.91. The monoisotopic (exact) mass is 264 g/mol. The Morgan fingerprint density at radius 2 is 2.00 bits per heavy atom. The number of aromatic nitrogens is 3. The van der Waals surface area contributed by atoms with Crippen LogP contribution < -0.4 is 0 Å². The lowest BCUT2D eigenvalue weighted by molar-refractivity contribution is -0.150. The van der Waals surface area contributed by atoms with Gasteiger partial charge in [0.15, 0.2) is 0 Å². The Kier molecular flexibility index (Phi) is 3.50. The van der Waals surface area contributed by atoms with Crippen LogP contribution in [0.5, 0.6) is 0 Å². The molecule has 1 aliphatic carbocycles. The van der Waals surface area contributed by atoms with Crippen LogP contribution in [0.2, 0.25) is 0 Å². The van der Waals surface area contributed by atoms with E-state index in [-0.39, 0.29) is 17.9 Å². The lowest BCUT2D eigenvalue weighted by Gasteiger charge is -2.41. The smallest absolute Gasteiger partial charge is 0.251 e. The third kappa shape index (κ3) is 2.49. The molecular formula is C13H20N4O2. The lowest BCUT2D eigenvalue weighted by atomic mass is 9.84. The summed E-state index contributed by atoms with van der Waals surface area (Å²) in [6.45, 7) is 1.26. The number of amides is 1. The van der Waals surface area contributed by atoms with Crippen molar-refractivity contribution in [2.45, 2.75) is 44.2 Å². The minimum Gasteiger partial charge on any atom is -0.383 e. The number of aliphatic hydroxyl groups is 1. The highest BCUT2D eigenvalue weighted by Crippen LogP contribution is 2.29. The first kappa shape index (κ1) is 12.6. The molecule has 1 atom stereocenters. The van der Waals surface area contributed by atoms with E-state index in [4.69, 9.17) is 0 Å². The van der Waals surface area contributed by atoms with Crippen LogP contribution in [0, 0.1) is 5.92 Å². The number of carbonyl (C=O) groups is 1. The Morgan fingerprint density at radius 3 is 2.63 bits per heavy atom. The molecule has 104 valence electrons. The highest BCUT2D eigenvalue weighted by atomic mass is 16.3. The molecule has 0 radical (unpaired) electrons. The van der Waals surface area contributed by atoms with Crippen molar-refractivity contribution in [2.75, 3.05) is 13.1 Å². The first-order valence-corrected chi connectivity index (χ1v) is 7.06. The summed E-state index contributed by atoms with van der Waals surface area (Å²) >= 11 is 0. The lowest BCUT2D eigenvalue weighted by Crippen LogP contribution is -2.55. The Labute approximate surface area is 112 Å².